The summed E-state index contributed by atoms with van der Waals surface area (Å²) in [5.74, 6) is 0.881. The van der Waals surface area contributed by atoms with Crippen molar-refractivity contribution in [3.05, 3.63) is 0 Å². The van der Waals surface area contributed by atoms with Gasteiger partial charge in [-0.1, -0.05) is 27.7 Å². The molecular weight excluding hydrogens is 198 g/mol. The Morgan fingerprint density at radius 2 is 2.06 bits per heavy atom. The Kier molecular flexibility index (Phi) is 3.09. The average Bonchev–Trinajstić information content (AvgIpc) is 2.58. The third-order valence-electron chi connectivity index (χ3n) is 5.94. The van der Waals surface area contributed by atoms with Crippen molar-refractivity contribution in [2.45, 2.75) is 65.5 Å². The summed E-state index contributed by atoms with van der Waals surface area (Å²) in [6.07, 6.45) is 5.08. The quantitative estimate of drug-likeness (QED) is 0.770. The van der Waals surface area contributed by atoms with E-state index in [2.05, 4.69) is 33.0 Å². The molecule has 2 saturated carbocycles. The molecule has 0 amide bonds. The molecule has 0 aromatic carbocycles. The van der Waals surface area contributed by atoms with Gasteiger partial charge in [-0.15, -0.1) is 0 Å². The SMILES string of the molecule is CC[C@H](CO)NC1CC2CC[C@]1(C)C2(C)C. The first-order valence-electron chi connectivity index (χ1n) is 6.82. The maximum absolute atomic E-state index is 9.31. The first kappa shape index (κ1) is 12.4. The van der Waals surface area contributed by atoms with Crippen LogP contribution < -0.4 is 5.32 Å². The van der Waals surface area contributed by atoms with Crippen molar-refractivity contribution in [2.24, 2.45) is 16.7 Å². The van der Waals surface area contributed by atoms with E-state index in [9.17, 15) is 5.11 Å². The first-order valence-corrected chi connectivity index (χ1v) is 6.82. The summed E-state index contributed by atoms with van der Waals surface area (Å²) in [6, 6.07) is 0.898. The second kappa shape index (κ2) is 3.99. The number of nitrogens with one attached hydrogen (secondary N) is 1. The van der Waals surface area contributed by atoms with Gasteiger partial charge in [0.1, 0.15) is 0 Å². The average molecular weight is 225 g/mol. The van der Waals surface area contributed by atoms with Crippen LogP contribution in [0.15, 0.2) is 0 Å². The zero-order valence-electron chi connectivity index (χ0n) is 11.2. The van der Waals surface area contributed by atoms with E-state index in [0.717, 1.165) is 12.3 Å². The lowest BCUT2D eigenvalue weighted by molar-refractivity contribution is 0.106. The van der Waals surface area contributed by atoms with E-state index in [1.54, 1.807) is 0 Å². The van der Waals surface area contributed by atoms with Crippen LogP contribution in [0.5, 0.6) is 0 Å². The lowest BCUT2D eigenvalue weighted by atomic mass is 9.69. The summed E-state index contributed by atoms with van der Waals surface area (Å²) in [5.41, 5.74) is 0.901. The third-order valence-corrected chi connectivity index (χ3v) is 5.94. The molecule has 2 fully saturated rings. The molecule has 0 heterocycles. The number of fused-ring (bicyclic) bond motifs is 2. The predicted molar refractivity (Wildman–Crippen MR) is 67.3 cm³/mol. The molecule has 2 aliphatic carbocycles. The minimum Gasteiger partial charge on any atom is -0.395 e. The van der Waals surface area contributed by atoms with Crippen LogP contribution in [0.1, 0.15) is 53.4 Å². The highest BCUT2D eigenvalue weighted by atomic mass is 16.3. The van der Waals surface area contributed by atoms with Crippen LogP contribution in [0.25, 0.3) is 0 Å². The van der Waals surface area contributed by atoms with Gasteiger partial charge in [-0.3, -0.25) is 0 Å². The zero-order chi connectivity index (χ0) is 12.0. The van der Waals surface area contributed by atoms with Gasteiger partial charge in [0, 0.05) is 12.1 Å². The smallest absolute Gasteiger partial charge is 0.0584 e. The lowest BCUT2D eigenvalue weighted by Crippen LogP contribution is -2.49. The molecule has 4 atom stereocenters. The van der Waals surface area contributed by atoms with Gasteiger partial charge in [0.2, 0.25) is 0 Å². The maximum Gasteiger partial charge on any atom is 0.0584 e. The molecule has 2 nitrogen and oxygen atoms in total. The van der Waals surface area contributed by atoms with Crippen LogP contribution in [0.4, 0.5) is 0 Å². The van der Waals surface area contributed by atoms with Crippen molar-refractivity contribution in [1.82, 2.24) is 5.32 Å². The molecule has 0 radical (unpaired) electrons. The number of rotatable bonds is 4. The van der Waals surface area contributed by atoms with Gasteiger partial charge in [0.15, 0.2) is 0 Å². The molecule has 2 N–H and O–H groups in total. The van der Waals surface area contributed by atoms with Crippen molar-refractivity contribution in [2.75, 3.05) is 6.61 Å². The van der Waals surface area contributed by atoms with Crippen molar-refractivity contribution in [3.8, 4) is 0 Å². The van der Waals surface area contributed by atoms with E-state index in [1.807, 2.05) is 0 Å². The molecule has 94 valence electrons. The van der Waals surface area contributed by atoms with E-state index in [4.69, 9.17) is 0 Å². The van der Waals surface area contributed by atoms with Gasteiger partial charge in [0.25, 0.3) is 0 Å². The fourth-order valence-corrected chi connectivity index (χ4v) is 4.04. The van der Waals surface area contributed by atoms with Gasteiger partial charge < -0.3 is 10.4 Å². The van der Waals surface area contributed by atoms with Crippen molar-refractivity contribution < 1.29 is 5.11 Å². The number of aliphatic hydroxyl groups is 1. The molecule has 0 aliphatic heterocycles. The second-order valence-corrected chi connectivity index (χ2v) is 6.62. The highest BCUT2D eigenvalue weighted by Gasteiger charge is 2.61. The number of hydrogen-bond donors (Lipinski definition) is 2. The Morgan fingerprint density at radius 3 is 2.44 bits per heavy atom. The molecule has 2 heteroatoms. The Bertz CT molecular complexity index is 259. The molecule has 2 rings (SSSR count). The van der Waals surface area contributed by atoms with Gasteiger partial charge >= 0.3 is 0 Å². The van der Waals surface area contributed by atoms with Crippen molar-refractivity contribution in [1.29, 1.82) is 0 Å². The van der Waals surface area contributed by atoms with Crippen LogP contribution in [0.2, 0.25) is 0 Å². The van der Waals surface area contributed by atoms with E-state index >= 15 is 0 Å². The molecule has 16 heavy (non-hydrogen) atoms. The summed E-state index contributed by atoms with van der Waals surface area (Å²) in [5, 5.41) is 13.0. The molecule has 0 aromatic rings. The fourth-order valence-electron chi connectivity index (χ4n) is 4.04. The molecular formula is C14H27NO. The zero-order valence-corrected chi connectivity index (χ0v) is 11.2. The van der Waals surface area contributed by atoms with Gasteiger partial charge in [-0.25, -0.2) is 0 Å². The van der Waals surface area contributed by atoms with Gasteiger partial charge in [0.05, 0.1) is 6.61 Å². The fraction of sp³-hybridized carbons (Fsp3) is 1.00. The van der Waals surface area contributed by atoms with E-state index in [0.29, 0.717) is 16.9 Å². The van der Waals surface area contributed by atoms with Crippen molar-refractivity contribution >= 4 is 0 Å². The molecule has 2 aliphatic rings. The number of hydrogen-bond acceptors (Lipinski definition) is 2. The normalized spacial score (nSPS) is 42.6. The molecule has 0 aromatic heterocycles. The van der Waals surface area contributed by atoms with Gasteiger partial charge in [-0.2, -0.15) is 0 Å². The molecule has 0 spiro atoms. The topological polar surface area (TPSA) is 32.3 Å². The van der Waals surface area contributed by atoms with E-state index in [-0.39, 0.29) is 12.6 Å². The minimum absolute atomic E-state index is 0.272. The van der Waals surface area contributed by atoms with Crippen molar-refractivity contribution in [3.63, 3.8) is 0 Å². The largest absolute Gasteiger partial charge is 0.395 e. The lowest BCUT2D eigenvalue weighted by Gasteiger charge is -2.41. The standard InChI is InChI=1S/C14H27NO/c1-5-11(9-16)15-12-8-10-6-7-14(12,4)13(10,2)3/h10-12,15-16H,5-9H2,1-4H3/t10?,11-,12?,14+/m1/s1. The minimum atomic E-state index is 0.272. The van der Waals surface area contributed by atoms with Crippen LogP contribution in [0.3, 0.4) is 0 Å². The summed E-state index contributed by atoms with van der Waals surface area (Å²) in [4.78, 5) is 0. The summed E-state index contributed by atoms with van der Waals surface area (Å²) >= 11 is 0. The monoisotopic (exact) mass is 225 g/mol. The van der Waals surface area contributed by atoms with E-state index in [1.165, 1.54) is 19.3 Å². The Morgan fingerprint density at radius 1 is 1.38 bits per heavy atom. The van der Waals surface area contributed by atoms with Crippen LogP contribution in [-0.2, 0) is 0 Å². The number of aliphatic hydroxyl groups excluding tert-OH is 1. The molecule has 2 bridgehead atoms. The predicted octanol–water partition coefficient (Wildman–Crippen LogP) is 2.56. The van der Waals surface area contributed by atoms with E-state index < -0.39 is 0 Å². The molecule has 2 unspecified atom stereocenters. The summed E-state index contributed by atoms with van der Waals surface area (Å²) < 4.78 is 0. The van der Waals surface area contributed by atoms with Crippen LogP contribution in [-0.4, -0.2) is 23.8 Å². The highest BCUT2D eigenvalue weighted by Crippen LogP contribution is 2.65. The Balaban J connectivity index is 2.09. The maximum atomic E-state index is 9.31. The Labute approximate surface area is 99.8 Å². The Hall–Kier alpha value is -0.0800. The third kappa shape index (κ3) is 1.53. The van der Waals surface area contributed by atoms with Crippen LogP contribution in [0, 0.1) is 16.7 Å². The first-order chi connectivity index (χ1) is 7.45. The second-order valence-electron chi connectivity index (χ2n) is 6.62. The highest BCUT2D eigenvalue weighted by molar-refractivity contribution is 5.13. The summed E-state index contributed by atoms with van der Waals surface area (Å²) in [6.45, 7) is 9.74. The van der Waals surface area contributed by atoms with Crippen LogP contribution >= 0.6 is 0 Å². The molecule has 0 saturated heterocycles. The summed E-state index contributed by atoms with van der Waals surface area (Å²) in [7, 11) is 0. The van der Waals surface area contributed by atoms with Gasteiger partial charge in [-0.05, 0) is 42.4 Å².